The molecule has 0 amide bonds. The Kier molecular flexibility index (Phi) is 8.73. The fourth-order valence-corrected chi connectivity index (χ4v) is 1.000. The SMILES string of the molecule is CCC/C=C\CCCC(=O)OCC. The van der Waals surface area contributed by atoms with Gasteiger partial charge in [-0.05, 0) is 26.2 Å². The summed E-state index contributed by atoms with van der Waals surface area (Å²) in [4.78, 5) is 10.9. The van der Waals surface area contributed by atoms with Gasteiger partial charge < -0.3 is 4.74 Å². The highest BCUT2D eigenvalue weighted by atomic mass is 16.5. The molecule has 0 fully saturated rings. The lowest BCUT2D eigenvalue weighted by Crippen LogP contribution is -2.02. The Morgan fingerprint density at radius 1 is 1.23 bits per heavy atom. The number of hydrogen-bond donors (Lipinski definition) is 0. The van der Waals surface area contributed by atoms with Gasteiger partial charge in [0.15, 0.2) is 0 Å². The minimum Gasteiger partial charge on any atom is -0.466 e. The molecule has 0 rings (SSSR count). The van der Waals surface area contributed by atoms with E-state index in [-0.39, 0.29) is 5.97 Å². The summed E-state index contributed by atoms with van der Waals surface area (Å²) in [7, 11) is 0. The first kappa shape index (κ1) is 12.2. The van der Waals surface area contributed by atoms with Crippen LogP contribution in [0.3, 0.4) is 0 Å². The third-order valence-electron chi connectivity index (χ3n) is 1.68. The van der Waals surface area contributed by atoms with Crippen LogP contribution in [0.5, 0.6) is 0 Å². The quantitative estimate of drug-likeness (QED) is 0.345. The summed E-state index contributed by atoms with van der Waals surface area (Å²) >= 11 is 0. The van der Waals surface area contributed by atoms with Crippen LogP contribution in [0.1, 0.15) is 46.0 Å². The van der Waals surface area contributed by atoms with Crippen LogP contribution in [-0.2, 0) is 9.53 Å². The van der Waals surface area contributed by atoms with Crippen molar-refractivity contribution in [2.45, 2.75) is 46.0 Å². The number of esters is 1. The van der Waals surface area contributed by atoms with E-state index < -0.39 is 0 Å². The lowest BCUT2D eigenvalue weighted by atomic mass is 10.2. The summed E-state index contributed by atoms with van der Waals surface area (Å²) in [6.07, 6.45) is 9.07. The summed E-state index contributed by atoms with van der Waals surface area (Å²) in [6.45, 7) is 4.48. The largest absolute Gasteiger partial charge is 0.466 e. The van der Waals surface area contributed by atoms with Crippen molar-refractivity contribution in [3.63, 3.8) is 0 Å². The average molecular weight is 184 g/mol. The molecule has 0 saturated carbocycles. The fraction of sp³-hybridized carbons (Fsp3) is 0.727. The topological polar surface area (TPSA) is 26.3 Å². The van der Waals surface area contributed by atoms with Crippen molar-refractivity contribution >= 4 is 5.97 Å². The molecule has 0 aliphatic rings. The first-order valence-electron chi connectivity index (χ1n) is 5.11. The van der Waals surface area contributed by atoms with Crippen LogP contribution in [0.2, 0.25) is 0 Å². The minimum atomic E-state index is -0.0774. The van der Waals surface area contributed by atoms with Crippen molar-refractivity contribution in [1.29, 1.82) is 0 Å². The smallest absolute Gasteiger partial charge is 0.305 e. The molecular weight excluding hydrogens is 164 g/mol. The van der Waals surface area contributed by atoms with Crippen LogP contribution in [0.25, 0.3) is 0 Å². The minimum absolute atomic E-state index is 0.0774. The highest BCUT2D eigenvalue weighted by Crippen LogP contribution is 2.00. The molecule has 2 nitrogen and oxygen atoms in total. The molecule has 0 heterocycles. The van der Waals surface area contributed by atoms with Gasteiger partial charge in [0.05, 0.1) is 6.61 Å². The summed E-state index contributed by atoms with van der Waals surface area (Å²) in [6, 6.07) is 0. The van der Waals surface area contributed by atoms with Crippen LogP contribution in [0.15, 0.2) is 12.2 Å². The van der Waals surface area contributed by atoms with Gasteiger partial charge in [0.25, 0.3) is 0 Å². The van der Waals surface area contributed by atoms with Crippen LogP contribution < -0.4 is 0 Å². The second-order valence-electron chi connectivity index (χ2n) is 2.96. The van der Waals surface area contributed by atoms with Crippen LogP contribution in [0.4, 0.5) is 0 Å². The van der Waals surface area contributed by atoms with Crippen LogP contribution in [-0.4, -0.2) is 12.6 Å². The summed E-state index contributed by atoms with van der Waals surface area (Å²) in [5.41, 5.74) is 0. The van der Waals surface area contributed by atoms with Gasteiger partial charge in [0.1, 0.15) is 0 Å². The maximum Gasteiger partial charge on any atom is 0.305 e. The fourth-order valence-electron chi connectivity index (χ4n) is 1.000. The van der Waals surface area contributed by atoms with Crippen molar-refractivity contribution in [2.24, 2.45) is 0 Å². The molecule has 0 aromatic carbocycles. The van der Waals surface area contributed by atoms with E-state index in [1.165, 1.54) is 6.42 Å². The molecule has 2 heteroatoms. The van der Waals surface area contributed by atoms with E-state index in [1.807, 2.05) is 6.92 Å². The zero-order chi connectivity index (χ0) is 9.94. The van der Waals surface area contributed by atoms with E-state index in [2.05, 4.69) is 19.1 Å². The zero-order valence-corrected chi connectivity index (χ0v) is 8.71. The number of allylic oxidation sites excluding steroid dienone is 2. The summed E-state index contributed by atoms with van der Waals surface area (Å²) in [5.74, 6) is -0.0774. The zero-order valence-electron chi connectivity index (χ0n) is 8.71. The van der Waals surface area contributed by atoms with E-state index in [4.69, 9.17) is 4.74 Å². The number of carbonyl (C=O) groups excluding carboxylic acids is 1. The molecule has 13 heavy (non-hydrogen) atoms. The molecular formula is C11H20O2. The molecule has 0 spiro atoms. The molecule has 0 atom stereocenters. The standard InChI is InChI=1S/C11H20O2/c1-3-5-6-7-8-9-10-11(12)13-4-2/h6-7H,3-5,8-10H2,1-2H3/b7-6-. The monoisotopic (exact) mass is 184 g/mol. The lowest BCUT2D eigenvalue weighted by Gasteiger charge is -1.98. The number of rotatable bonds is 7. The van der Waals surface area contributed by atoms with Crippen LogP contribution >= 0.6 is 0 Å². The Morgan fingerprint density at radius 3 is 2.54 bits per heavy atom. The Bertz CT molecular complexity index is 150. The number of unbranched alkanes of at least 4 members (excludes halogenated alkanes) is 2. The summed E-state index contributed by atoms with van der Waals surface area (Å²) < 4.78 is 4.81. The van der Waals surface area contributed by atoms with Crippen LogP contribution in [0, 0.1) is 0 Å². The molecule has 0 unspecified atom stereocenters. The maximum absolute atomic E-state index is 10.9. The predicted molar refractivity (Wildman–Crippen MR) is 54.5 cm³/mol. The molecule has 0 aromatic rings. The van der Waals surface area contributed by atoms with Crippen molar-refractivity contribution in [2.75, 3.05) is 6.61 Å². The summed E-state index contributed by atoms with van der Waals surface area (Å²) in [5, 5.41) is 0. The highest BCUT2D eigenvalue weighted by Gasteiger charge is 1.98. The van der Waals surface area contributed by atoms with Gasteiger partial charge in [0.2, 0.25) is 0 Å². The normalized spacial score (nSPS) is 10.6. The molecule has 0 aliphatic carbocycles. The second kappa shape index (κ2) is 9.30. The van der Waals surface area contributed by atoms with E-state index in [9.17, 15) is 4.79 Å². The molecule has 76 valence electrons. The average Bonchev–Trinajstić information content (AvgIpc) is 2.11. The van der Waals surface area contributed by atoms with Crippen molar-refractivity contribution in [1.82, 2.24) is 0 Å². The molecule has 0 aliphatic heterocycles. The van der Waals surface area contributed by atoms with Crippen molar-refractivity contribution in [3.05, 3.63) is 12.2 Å². The Hall–Kier alpha value is -0.790. The molecule has 0 bridgehead atoms. The van der Waals surface area contributed by atoms with Gasteiger partial charge >= 0.3 is 5.97 Å². The Morgan fingerprint density at radius 2 is 1.92 bits per heavy atom. The van der Waals surface area contributed by atoms with E-state index in [0.29, 0.717) is 13.0 Å². The van der Waals surface area contributed by atoms with Crippen molar-refractivity contribution < 1.29 is 9.53 Å². The highest BCUT2D eigenvalue weighted by molar-refractivity contribution is 5.69. The van der Waals surface area contributed by atoms with Gasteiger partial charge in [0, 0.05) is 6.42 Å². The number of hydrogen-bond acceptors (Lipinski definition) is 2. The first-order chi connectivity index (χ1) is 6.31. The van der Waals surface area contributed by atoms with E-state index >= 15 is 0 Å². The molecule has 0 N–H and O–H groups in total. The van der Waals surface area contributed by atoms with Gasteiger partial charge in [-0.2, -0.15) is 0 Å². The third-order valence-corrected chi connectivity index (χ3v) is 1.68. The number of ether oxygens (including phenoxy) is 1. The van der Waals surface area contributed by atoms with Gasteiger partial charge in [-0.15, -0.1) is 0 Å². The third kappa shape index (κ3) is 9.12. The Labute approximate surface area is 81.0 Å². The second-order valence-corrected chi connectivity index (χ2v) is 2.96. The predicted octanol–water partition coefficient (Wildman–Crippen LogP) is 3.08. The van der Waals surface area contributed by atoms with Crippen molar-refractivity contribution in [3.8, 4) is 0 Å². The molecule has 0 aromatic heterocycles. The maximum atomic E-state index is 10.9. The van der Waals surface area contributed by atoms with Gasteiger partial charge in [-0.25, -0.2) is 0 Å². The van der Waals surface area contributed by atoms with Gasteiger partial charge in [-0.1, -0.05) is 25.5 Å². The van der Waals surface area contributed by atoms with Gasteiger partial charge in [-0.3, -0.25) is 4.79 Å². The first-order valence-corrected chi connectivity index (χ1v) is 5.11. The molecule has 0 radical (unpaired) electrons. The van der Waals surface area contributed by atoms with E-state index in [1.54, 1.807) is 0 Å². The molecule has 0 saturated heterocycles. The van der Waals surface area contributed by atoms with E-state index in [0.717, 1.165) is 19.3 Å². The lowest BCUT2D eigenvalue weighted by molar-refractivity contribution is -0.143. The Balaban J connectivity index is 3.20. The number of carbonyl (C=O) groups is 1.